The van der Waals surface area contributed by atoms with Gasteiger partial charge in [0.25, 0.3) is 5.91 Å². The Bertz CT molecular complexity index is 825. The fourth-order valence-corrected chi connectivity index (χ4v) is 4.85. The molecule has 1 atom stereocenters. The highest BCUT2D eigenvalue weighted by Crippen LogP contribution is 2.41. The van der Waals surface area contributed by atoms with E-state index in [1.54, 1.807) is 13.0 Å². The summed E-state index contributed by atoms with van der Waals surface area (Å²) >= 11 is 1.53. The monoisotopic (exact) mass is 371 g/mol. The fraction of sp³-hybridized carbons (Fsp3) is 0.429. The van der Waals surface area contributed by atoms with Crippen molar-refractivity contribution in [3.05, 3.63) is 51.4 Å². The summed E-state index contributed by atoms with van der Waals surface area (Å²) in [4.78, 5) is 26.5. The molecule has 5 heteroatoms. The molecule has 0 aliphatic heterocycles. The highest BCUT2D eigenvalue weighted by Gasteiger charge is 2.30. The molecule has 0 radical (unpaired) electrons. The Morgan fingerprint density at radius 3 is 2.73 bits per heavy atom. The molecule has 1 aromatic carbocycles. The van der Waals surface area contributed by atoms with Crippen molar-refractivity contribution in [1.29, 1.82) is 0 Å². The quantitative estimate of drug-likeness (QED) is 0.753. The standard InChI is InChI=1S/C21H25NO3S/c1-4-14-10-11-16-17(12-14)26-20(18(16)21(24)25-5-2)22-19(23)15-9-7-6-8-13(15)3/h6-9,14H,4-5,10-12H2,1-3H3,(H,22,23)/t14-/m1/s1. The number of fused-ring (bicyclic) bond motifs is 1. The second kappa shape index (κ2) is 8.04. The number of carbonyl (C=O) groups is 2. The number of nitrogens with one attached hydrogen (secondary N) is 1. The van der Waals surface area contributed by atoms with E-state index in [2.05, 4.69) is 12.2 Å². The van der Waals surface area contributed by atoms with Crippen molar-refractivity contribution in [3.63, 3.8) is 0 Å². The van der Waals surface area contributed by atoms with E-state index in [1.807, 2.05) is 25.1 Å². The van der Waals surface area contributed by atoms with E-state index < -0.39 is 0 Å². The molecular weight excluding hydrogens is 346 g/mol. The van der Waals surface area contributed by atoms with Crippen LogP contribution in [-0.2, 0) is 17.6 Å². The summed E-state index contributed by atoms with van der Waals surface area (Å²) in [6.07, 6.45) is 4.07. The zero-order valence-corrected chi connectivity index (χ0v) is 16.4. The predicted molar refractivity (Wildman–Crippen MR) is 105 cm³/mol. The summed E-state index contributed by atoms with van der Waals surface area (Å²) < 4.78 is 5.27. The van der Waals surface area contributed by atoms with E-state index in [0.717, 1.165) is 36.8 Å². The van der Waals surface area contributed by atoms with E-state index >= 15 is 0 Å². The Kier molecular flexibility index (Phi) is 5.77. The van der Waals surface area contributed by atoms with Crippen molar-refractivity contribution in [3.8, 4) is 0 Å². The SMILES string of the molecule is CCOC(=O)c1c(NC(=O)c2ccccc2C)sc2c1CC[C@@H](CC)C2. The summed E-state index contributed by atoms with van der Waals surface area (Å²) in [5.41, 5.74) is 3.16. The van der Waals surface area contributed by atoms with Gasteiger partial charge in [0.15, 0.2) is 0 Å². The molecule has 0 spiro atoms. The molecule has 1 aromatic heterocycles. The van der Waals surface area contributed by atoms with Gasteiger partial charge in [-0.05, 0) is 56.2 Å². The summed E-state index contributed by atoms with van der Waals surface area (Å²) in [5.74, 6) is 0.135. The number of rotatable bonds is 5. The average Bonchev–Trinajstić information content (AvgIpc) is 2.98. The largest absolute Gasteiger partial charge is 0.462 e. The first kappa shape index (κ1) is 18.6. The van der Waals surface area contributed by atoms with Gasteiger partial charge in [-0.1, -0.05) is 31.5 Å². The minimum absolute atomic E-state index is 0.181. The Morgan fingerprint density at radius 1 is 1.27 bits per heavy atom. The van der Waals surface area contributed by atoms with E-state index in [0.29, 0.717) is 28.7 Å². The van der Waals surface area contributed by atoms with Gasteiger partial charge >= 0.3 is 5.97 Å². The van der Waals surface area contributed by atoms with Crippen molar-refractivity contribution >= 4 is 28.2 Å². The topological polar surface area (TPSA) is 55.4 Å². The van der Waals surface area contributed by atoms with Crippen LogP contribution in [-0.4, -0.2) is 18.5 Å². The molecule has 2 aromatic rings. The Hall–Kier alpha value is -2.14. The average molecular weight is 372 g/mol. The molecule has 26 heavy (non-hydrogen) atoms. The van der Waals surface area contributed by atoms with Crippen molar-refractivity contribution in [1.82, 2.24) is 0 Å². The molecule has 0 fully saturated rings. The number of esters is 1. The first-order chi connectivity index (χ1) is 12.5. The molecule has 1 aliphatic rings. The van der Waals surface area contributed by atoms with Gasteiger partial charge in [-0.2, -0.15) is 0 Å². The minimum atomic E-state index is -0.333. The smallest absolute Gasteiger partial charge is 0.341 e. The lowest BCUT2D eigenvalue weighted by atomic mass is 9.85. The Morgan fingerprint density at radius 2 is 2.04 bits per heavy atom. The number of ether oxygens (including phenoxy) is 1. The van der Waals surface area contributed by atoms with Gasteiger partial charge in [0, 0.05) is 10.4 Å². The van der Waals surface area contributed by atoms with Gasteiger partial charge in [0.1, 0.15) is 5.00 Å². The zero-order chi connectivity index (χ0) is 18.7. The normalized spacial score (nSPS) is 16.0. The number of hydrogen-bond donors (Lipinski definition) is 1. The van der Waals surface area contributed by atoms with Gasteiger partial charge < -0.3 is 10.1 Å². The van der Waals surface area contributed by atoms with Crippen LogP contribution < -0.4 is 5.32 Å². The van der Waals surface area contributed by atoms with Gasteiger partial charge in [-0.15, -0.1) is 11.3 Å². The highest BCUT2D eigenvalue weighted by molar-refractivity contribution is 7.17. The van der Waals surface area contributed by atoms with Gasteiger partial charge in [0.2, 0.25) is 0 Å². The number of amides is 1. The number of aryl methyl sites for hydroxylation is 1. The third-order valence-electron chi connectivity index (χ3n) is 5.04. The third kappa shape index (κ3) is 3.68. The molecule has 1 heterocycles. The molecule has 0 bridgehead atoms. The van der Waals surface area contributed by atoms with E-state index in [1.165, 1.54) is 16.2 Å². The zero-order valence-electron chi connectivity index (χ0n) is 15.6. The van der Waals surface area contributed by atoms with Crippen LogP contribution in [0.2, 0.25) is 0 Å². The third-order valence-corrected chi connectivity index (χ3v) is 6.21. The minimum Gasteiger partial charge on any atom is -0.462 e. The molecule has 3 rings (SSSR count). The summed E-state index contributed by atoms with van der Waals surface area (Å²) in [5, 5.41) is 3.60. The van der Waals surface area contributed by atoms with Crippen LogP contribution in [0.1, 0.15) is 63.4 Å². The molecule has 1 aliphatic carbocycles. The Balaban J connectivity index is 1.95. The van der Waals surface area contributed by atoms with Crippen LogP contribution in [0.5, 0.6) is 0 Å². The molecule has 0 unspecified atom stereocenters. The van der Waals surface area contributed by atoms with Crippen molar-refractivity contribution < 1.29 is 14.3 Å². The number of carbonyl (C=O) groups excluding carboxylic acids is 2. The van der Waals surface area contributed by atoms with E-state index in [4.69, 9.17) is 4.74 Å². The summed E-state index contributed by atoms with van der Waals surface area (Å²) in [7, 11) is 0. The Labute approximate surface area is 158 Å². The van der Waals surface area contributed by atoms with Gasteiger partial charge in [-0.3, -0.25) is 4.79 Å². The fourth-order valence-electron chi connectivity index (χ4n) is 3.51. The predicted octanol–water partition coefficient (Wildman–Crippen LogP) is 5.00. The number of benzene rings is 1. The van der Waals surface area contributed by atoms with Crippen LogP contribution in [0.3, 0.4) is 0 Å². The second-order valence-corrected chi connectivity index (χ2v) is 7.82. The lowest BCUT2D eigenvalue weighted by Crippen LogP contribution is -2.17. The molecule has 4 nitrogen and oxygen atoms in total. The summed E-state index contributed by atoms with van der Waals surface area (Å²) in [6, 6.07) is 7.46. The molecular formula is C21H25NO3S. The highest BCUT2D eigenvalue weighted by atomic mass is 32.1. The van der Waals surface area contributed by atoms with Crippen molar-refractivity contribution in [2.45, 2.75) is 46.5 Å². The maximum atomic E-state index is 12.7. The molecule has 1 amide bonds. The lowest BCUT2D eigenvalue weighted by Gasteiger charge is -2.20. The van der Waals surface area contributed by atoms with Crippen LogP contribution in [0.4, 0.5) is 5.00 Å². The number of hydrogen-bond acceptors (Lipinski definition) is 4. The number of anilines is 1. The molecule has 0 saturated heterocycles. The van der Waals surface area contributed by atoms with Crippen molar-refractivity contribution in [2.24, 2.45) is 5.92 Å². The maximum absolute atomic E-state index is 12.7. The second-order valence-electron chi connectivity index (χ2n) is 6.71. The van der Waals surface area contributed by atoms with Crippen LogP contribution in [0.25, 0.3) is 0 Å². The van der Waals surface area contributed by atoms with E-state index in [9.17, 15) is 9.59 Å². The molecule has 138 valence electrons. The van der Waals surface area contributed by atoms with Crippen molar-refractivity contribution in [2.75, 3.05) is 11.9 Å². The van der Waals surface area contributed by atoms with Gasteiger partial charge in [-0.25, -0.2) is 4.79 Å². The van der Waals surface area contributed by atoms with Crippen LogP contribution in [0, 0.1) is 12.8 Å². The summed E-state index contributed by atoms with van der Waals surface area (Å²) in [6.45, 7) is 6.24. The maximum Gasteiger partial charge on any atom is 0.341 e. The van der Waals surface area contributed by atoms with Crippen LogP contribution in [0.15, 0.2) is 24.3 Å². The van der Waals surface area contributed by atoms with E-state index in [-0.39, 0.29) is 11.9 Å². The lowest BCUT2D eigenvalue weighted by molar-refractivity contribution is 0.0526. The molecule has 0 saturated carbocycles. The van der Waals surface area contributed by atoms with Crippen LogP contribution >= 0.6 is 11.3 Å². The first-order valence-corrected chi connectivity index (χ1v) is 10.0. The van der Waals surface area contributed by atoms with Gasteiger partial charge in [0.05, 0.1) is 12.2 Å². The number of thiophene rings is 1. The molecule has 1 N–H and O–H groups in total. The first-order valence-electron chi connectivity index (χ1n) is 9.23.